The fraction of sp³-hybridized carbons (Fsp3) is 0.0333. The minimum atomic E-state index is -0.173. The number of benzene rings is 4. The summed E-state index contributed by atoms with van der Waals surface area (Å²) in [5.74, 6) is -0.173. The number of aromatic nitrogens is 1. The number of carbonyl (C=O) groups is 1. The van der Waals surface area contributed by atoms with Crippen LogP contribution in [0.4, 0.5) is 0 Å². The van der Waals surface area contributed by atoms with Gasteiger partial charge < -0.3 is 4.57 Å². The Labute approximate surface area is 208 Å². The predicted molar refractivity (Wildman–Crippen MR) is 143 cm³/mol. The number of rotatable bonds is 5. The molecular weight excluding hydrogens is 461 g/mol. The summed E-state index contributed by atoms with van der Waals surface area (Å²) in [6.45, 7) is 2.08. The van der Waals surface area contributed by atoms with Gasteiger partial charge in [-0.3, -0.25) is 4.79 Å². The zero-order chi connectivity index (χ0) is 23.7. The van der Waals surface area contributed by atoms with Gasteiger partial charge in [0.25, 0.3) is 0 Å². The second-order valence-corrected chi connectivity index (χ2v) is 8.98. The molecular formula is C30H21Cl2NO. The van der Waals surface area contributed by atoms with Crippen molar-refractivity contribution in [1.82, 2.24) is 4.57 Å². The molecule has 0 fully saturated rings. The third-order valence-electron chi connectivity index (χ3n) is 5.85. The number of fused-ring (bicyclic) bond motifs is 1. The summed E-state index contributed by atoms with van der Waals surface area (Å²) in [7, 11) is 0. The molecule has 0 saturated heterocycles. The van der Waals surface area contributed by atoms with E-state index in [-0.39, 0.29) is 5.78 Å². The molecule has 0 aliphatic rings. The van der Waals surface area contributed by atoms with E-state index in [1.807, 2.05) is 36.4 Å². The molecule has 4 aromatic carbocycles. The number of hydrogen-bond donors (Lipinski definition) is 0. The van der Waals surface area contributed by atoms with E-state index < -0.39 is 0 Å². The van der Waals surface area contributed by atoms with E-state index in [4.69, 9.17) is 23.2 Å². The number of halogens is 2. The molecule has 0 aliphatic carbocycles. The van der Waals surface area contributed by atoms with Crippen molar-refractivity contribution in [3.63, 3.8) is 0 Å². The van der Waals surface area contributed by atoms with Gasteiger partial charge >= 0.3 is 0 Å². The zero-order valence-corrected chi connectivity index (χ0v) is 20.0. The van der Waals surface area contributed by atoms with Crippen molar-refractivity contribution in [3.05, 3.63) is 130 Å². The van der Waals surface area contributed by atoms with E-state index in [1.165, 1.54) is 5.56 Å². The maximum atomic E-state index is 13.0. The quantitative estimate of drug-likeness (QED) is 0.181. The average Bonchev–Trinajstić information content (AvgIpc) is 3.18. The molecule has 0 N–H and O–H groups in total. The van der Waals surface area contributed by atoms with E-state index in [2.05, 4.69) is 60.0 Å². The van der Waals surface area contributed by atoms with Gasteiger partial charge in [0.1, 0.15) is 0 Å². The van der Waals surface area contributed by atoms with Gasteiger partial charge in [-0.1, -0.05) is 89.4 Å². The molecule has 0 unspecified atom stereocenters. The molecule has 5 aromatic rings. The molecule has 0 saturated carbocycles. The smallest absolute Gasteiger partial charge is 0.187 e. The van der Waals surface area contributed by atoms with Crippen LogP contribution >= 0.6 is 23.2 Å². The molecule has 0 radical (unpaired) electrons. The monoisotopic (exact) mass is 481 g/mol. The van der Waals surface area contributed by atoms with Crippen molar-refractivity contribution in [3.8, 4) is 16.9 Å². The second-order valence-electron chi connectivity index (χ2n) is 8.14. The molecule has 0 atom stereocenters. The van der Waals surface area contributed by atoms with Gasteiger partial charge in [-0.25, -0.2) is 0 Å². The molecule has 34 heavy (non-hydrogen) atoms. The topological polar surface area (TPSA) is 22.0 Å². The molecule has 2 nitrogen and oxygen atoms in total. The first-order valence-corrected chi connectivity index (χ1v) is 11.7. The van der Waals surface area contributed by atoms with Crippen LogP contribution in [0.3, 0.4) is 0 Å². The number of allylic oxidation sites excluding steroid dienone is 1. The zero-order valence-electron chi connectivity index (χ0n) is 18.5. The highest BCUT2D eigenvalue weighted by Crippen LogP contribution is 2.37. The van der Waals surface area contributed by atoms with Gasteiger partial charge in [0.2, 0.25) is 0 Å². The van der Waals surface area contributed by atoms with Crippen molar-refractivity contribution in [1.29, 1.82) is 0 Å². The van der Waals surface area contributed by atoms with Gasteiger partial charge in [0.15, 0.2) is 5.78 Å². The van der Waals surface area contributed by atoms with Gasteiger partial charge in [-0.2, -0.15) is 0 Å². The average molecular weight is 482 g/mol. The SMILES string of the molecule is Cc1ccc(-c2c(/C=C/C(=O)c3ccc(Cl)cc3Cl)c3ccccc3n2-c2ccccc2)cc1. The highest BCUT2D eigenvalue weighted by atomic mass is 35.5. The van der Waals surface area contributed by atoms with E-state index in [9.17, 15) is 4.79 Å². The first-order chi connectivity index (χ1) is 16.5. The summed E-state index contributed by atoms with van der Waals surface area (Å²) in [5.41, 5.74) is 6.81. The van der Waals surface area contributed by atoms with Crippen LogP contribution in [0.2, 0.25) is 10.0 Å². The standard InChI is InChI=1S/C30H21Cl2NO/c1-20-11-13-21(14-12-20)30-25(17-18-29(34)26-16-15-22(31)19-27(26)32)24-9-5-6-10-28(24)33(30)23-7-3-2-4-8-23/h2-19H,1H3/b18-17+. The minimum Gasteiger partial charge on any atom is -0.309 e. The third-order valence-corrected chi connectivity index (χ3v) is 6.40. The third kappa shape index (κ3) is 4.19. The summed E-state index contributed by atoms with van der Waals surface area (Å²) in [4.78, 5) is 13.0. The van der Waals surface area contributed by atoms with Crippen LogP contribution in [0.15, 0.2) is 103 Å². The Balaban J connectivity index is 1.74. The van der Waals surface area contributed by atoms with Crippen molar-refractivity contribution in [2.24, 2.45) is 0 Å². The van der Waals surface area contributed by atoms with Gasteiger partial charge in [0.05, 0.1) is 16.2 Å². The molecule has 0 bridgehead atoms. The number of carbonyl (C=O) groups excluding carboxylic acids is 1. The molecule has 4 heteroatoms. The lowest BCUT2D eigenvalue weighted by molar-refractivity contribution is 0.104. The fourth-order valence-electron chi connectivity index (χ4n) is 4.21. The van der Waals surface area contributed by atoms with Crippen LogP contribution in [-0.2, 0) is 0 Å². The van der Waals surface area contributed by atoms with Gasteiger partial charge in [-0.05, 0) is 61.0 Å². The maximum Gasteiger partial charge on any atom is 0.187 e. The van der Waals surface area contributed by atoms with E-state index in [0.717, 1.165) is 33.4 Å². The predicted octanol–water partition coefficient (Wildman–Crippen LogP) is 8.81. The summed E-state index contributed by atoms with van der Waals surface area (Å²) in [6, 6.07) is 31.9. The van der Waals surface area contributed by atoms with Crippen LogP contribution in [0.5, 0.6) is 0 Å². The van der Waals surface area contributed by atoms with Crippen LogP contribution in [0.1, 0.15) is 21.5 Å². The first-order valence-electron chi connectivity index (χ1n) is 11.0. The summed E-state index contributed by atoms with van der Waals surface area (Å²) >= 11 is 12.3. The fourth-order valence-corrected chi connectivity index (χ4v) is 4.71. The van der Waals surface area contributed by atoms with Crippen molar-refractivity contribution < 1.29 is 4.79 Å². The maximum absolute atomic E-state index is 13.0. The van der Waals surface area contributed by atoms with Crippen LogP contribution in [-0.4, -0.2) is 10.4 Å². The Morgan fingerprint density at radius 2 is 1.53 bits per heavy atom. The summed E-state index contributed by atoms with van der Waals surface area (Å²) in [5, 5.41) is 1.90. The summed E-state index contributed by atoms with van der Waals surface area (Å²) in [6.07, 6.45) is 3.48. The Kier molecular flexibility index (Phi) is 6.10. The van der Waals surface area contributed by atoms with E-state index in [1.54, 1.807) is 24.3 Å². The normalized spacial score (nSPS) is 11.4. The molecule has 1 heterocycles. The first kappa shape index (κ1) is 22.2. The van der Waals surface area contributed by atoms with E-state index in [0.29, 0.717) is 15.6 Å². The molecule has 0 spiro atoms. The van der Waals surface area contributed by atoms with E-state index >= 15 is 0 Å². The number of nitrogens with zero attached hydrogens (tertiary/aromatic N) is 1. The largest absolute Gasteiger partial charge is 0.309 e. The lowest BCUT2D eigenvalue weighted by Crippen LogP contribution is -1.98. The van der Waals surface area contributed by atoms with Crippen molar-refractivity contribution >= 4 is 46.0 Å². The Hall–Kier alpha value is -3.59. The molecule has 5 rings (SSSR count). The summed E-state index contributed by atoms with van der Waals surface area (Å²) < 4.78 is 2.25. The Bertz CT molecular complexity index is 1530. The molecule has 0 aliphatic heterocycles. The minimum absolute atomic E-state index is 0.173. The highest BCUT2D eigenvalue weighted by Gasteiger charge is 2.18. The lowest BCUT2D eigenvalue weighted by Gasteiger charge is -2.12. The molecule has 166 valence electrons. The van der Waals surface area contributed by atoms with Crippen molar-refractivity contribution in [2.45, 2.75) is 6.92 Å². The van der Waals surface area contributed by atoms with Gasteiger partial charge in [-0.15, -0.1) is 0 Å². The Morgan fingerprint density at radius 1 is 0.824 bits per heavy atom. The van der Waals surface area contributed by atoms with Crippen LogP contribution in [0.25, 0.3) is 33.9 Å². The number of hydrogen-bond acceptors (Lipinski definition) is 1. The van der Waals surface area contributed by atoms with Crippen LogP contribution in [0, 0.1) is 6.92 Å². The molecule has 1 aromatic heterocycles. The second kappa shape index (κ2) is 9.34. The highest BCUT2D eigenvalue weighted by molar-refractivity contribution is 6.37. The van der Waals surface area contributed by atoms with Crippen LogP contribution < -0.4 is 0 Å². The number of para-hydroxylation sites is 2. The number of aryl methyl sites for hydroxylation is 1. The lowest BCUT2D eigenvalue weighted by atomic mass is 10.0. The van der Waals surface area contributed by atoms with Gasteiger partial charge in [0, 0.05) is 27.2 Å². The van der Waals surface area contributed by atoms with Crippen molar-refractivity contribution in [2.75, 3.05) is 0 Å². The number of ketones is 1. The Morgan fingerprint density at radius 3 is 2.26 bits per heavy atom. The molecule has 0 amide bonds.